The molecule has 1 heterocycles. The molecule has 0 amide bonds. The Labute approximate surface area is 135 Å². The van der Waals surface area contributed by atoms with Crippen molar-refractivity contribution in [3.8, 4) is 5.75 Å². The smallest absolute Gasteiger partial charge is 0.143 e. The standard InChI is InChI=1S/C17H17Cl2NO/c1-10-3-4-15(11(2)7-10)20-16-5-6-21-17-13(16)8-12(18)9-14(17)19/h3-4,7-9,16,20H,5-6H2,1-2H3. The van der Waals surface area contributed by atoms with Crippen molar-refractivity contribution in [3.05, 3.63) is 57.1 Å². The summed E-state index contributed by atoms with van der Waals surface area (Å²) in [5.74, 6) is 0.745. The number of rotatable bonds is 2. The van der Waals surface area contributed by atoms with Crippen LogP contribution < -0.4 is 10.1 Å². The molecule has 1 aliphatic rings. The molecule has 2 aromatic rings. The van der Waals surface area contributed by atoms with Crippen molar-refractivity contribution in [2.24, 2.45) is 0 Å². The van der Waals surface area contributed by atoms with Crippen LogP contribution in [0.25, 0.3) is 0 Å². The lowest BCUT2D eigenvalue weighted by atomic mass is 9.99. The van der Waals surface area contributed by atoms with Gasteiger partial charge in [0.25, 0.3) is 0 Å². The summed E-state index contributed by atoms with van der Waals surface area (Å²) in [7, 11) is 0. The van der Waals surface area contributed by atoms with E-state index in [0.717, 1.165) is 23.4 Å². The quantitative estimate of drug-likeness (QED) is 0.783. The summed E-state index contributed by atoms with van der Waals surface area (Å²) in [4.78, 5) is 0. The van der Waals surface area contributed by atoms with Crippen molar-refractivity contribution in [1.82, 2.24) is 0 Å². The van der Waals surface area contributed by atoms with E-state index in [4.69, 9.17) is 27.9 Å². The minimum Gasteiger partial charge on any atom is -0.492 e. The highest BCUT2D eigenvalue weighted by atomic mass is 35.5. The van der Waals surface area contributed by atoms with E-state index in [1.54, 1.807) is 6.07 Å². The fourth-order valence-electron chi connectivity index (χ4n) is 2.74. The first kappa shape index (κ1) is 14.6. The van der Waals surface area contributed by atoms with E-state index in [0.29, 0.717) is 16.7 Å². The predicted molar refractivity (Wildman–Crippen MR) is 88.9 cm³/mol. The third kappa shape index (κ3) is 2.97. The maximum Gasteiger partial charge on any atom is 0.143 e. The van der Waals surface area contributed by atoms with Crippen LogP contribution in [0.5, 0.6) is 5.75 Å². The molecule has 110 valence electrons. The van der Waals surface area contributed by atoms with Crippen LogP contribution in [0.4, 0.5) is 5.69 Å². The van der Waals surface area contributed by atoms with Gasteiger partial charge in [-0.15, -0.1) is 0 Å². The second-order valence-corrected chi connectivity index (χ2v) is 6.30. The molecule has 0 saturated heterocycles. The fourth-order valence-corrected chi connectivity index (χ4v) is 3.30. The van der Waals surface area contributed by atoms with E-state index in [1.807, 2.05) is 6.07 Å². The number of halogens is 2. The maximum absolute atomic E-state index is 6.23. The van der Waals surface area contributed by atoms with Gasteiger partial charge in [0.05, 0.1) is 17.7 Å². The molecule has 2 nitrogen and oxygen atoms in total. The molecule has 0 spiro atoms. The fraction of sp³-hybridized carbons (Fsp3) is 0.294. The van der Waals surface area contributed by atoms with Gasteiger partial charge in [-0.1, -0.05) is 40.9 Å². The van der Waals surface area contributed by atoms with E-state index >= 15 is 0 Å². The van der Waals surface area contributed by atoms with Crippen LogP contribution in [-0.4, -0.2) is 6.61 Å². The van der Waals surface area contributed by atoms with Crippen molar-refractivity contribution in [3.63, 3.8) is 0 Å². The Balaban J connectivity index is 1.95. The van der Waals surface area contributed by atoms with Crippen LogP contribution in [0.2, 0.25) is 10.0 Å². The van der Waals surface area contributed by atoms with Crippen LogP contribution in [0.1, 0.15) is 29.2 Å². The summed E-state index contributed by atoms with van der Waals surface area (Å²) in [5, 5.41) is 4.80. The second-order valence-electron chi connectivity index (χ2n) is 5.46. The van der Waals surface area contributed by atoms with E-state index in [-0.39, 0.29) is 6.04 Å². The van der Waals surface area contributed by atoms with Crippen LogP contribution in [0, 0.1) is 13.8 Å². The molecule has 0 aliphatic carbocycles. The summed E-state index contributed by atoms with van der Waals surface area (Å²) in [6, 6.07) is 10.2. The molecule has 0 fully saturated rings. The van der Waals surface area contributed by atoms with Crippen molar-refractivity contribution in [1.29, 1.82) is 0 Å². The van der Waals surface area contributed by atoms with Crippen LogP contribution in [-0.2, 0) is 0 Å². The molecule has 3 rings (SSSR count). The number of ether oxygens (including phenoxy) is 1. The molecule has 1 N–H and O–H groups in total. The molecule has 4 heteroatoms. The molecule has 2 aromatic carbocycles. The van der Waals surface area contributed by atoms with Gasteiger partial charge in [-0.25, -0.2) is 0 Å². The molecule has 0 radical (unpaired) electrons. The third-order valence-electron chi connectivity index (χ3n) is 3.78. The Kier molecular flexibility index (Phi) is 4.01. The normalized spacial score (nSPS) is 17.0. The third-order valence-corrected chi connectivity index (χ3v) is 4.28. The zero-order chi connectivity index (χ0) is 15.0. The average Bonchev–Trinajstić information content (AvgIpc) is 2.42. The highest BCUT2D eigenvalue weighted by Gasteiger charge is 2.24. The molecule has 1 unspecified atom stereocenters. The summed E-state index contributed by atoms with van der Waals surface area (Å²) in [6.45, 7) is 4.86. The maximum atomic E-state index is 6.23. The Morgan fingerprint density at radius 2 is 1.95 bits per heavy atom. The summed E-state index contributed by atoms with van der Waals surface area (Å²) >= 11 is 12.4. The van der Waals surface area contributed by atoms with Crippen molar-refractivity contribution >= 4 is 28.9 Å². The molecular weight excluding hydrogens is 305 g/mol. The zero-order valence-electron chi connectivity index (χ0n) is 12.0. The van der Waals surface area contributed by atoms with E-state index in [9.17, 15) is 0 Å². The van der Waals surface area contributed by atoms with Gasteiger partial charge in [-0.05, 0) is 37.6 Å². The number of aryl methyl sites for hydroxylation is 2. The van der Waals surface area contributed by atoms with Gasteiger partial charge in [-0.2, -0.15) is 0 Å². The molecule has 0 bridgehead atoms. The highest BCUT2D eigenvalue weighted by molar-refractivity contribution is 6.35. The van der Waals surface area contributed by atoms with Gasteiger partial charge in [0.2, 0.25) is 0 Å². The largest absolute Gasteiger partial charge is 0.492 e. The van der Waals surface area contributed by atoms with Gasteiger partial charge in [-0.3, -0.25) is 0 Å². The van der Waals surface area contributed by atoms with Crippen molar-refractivity contribution in [2.75, 3.05) is 11.9 Å². The Bertz CT molecular complexity index is 685. The lowest BCUT2D eigenvalue weighted by Crippen LogP contribution is -2.21. The van der Waals surface area contributed by atoms with Gasteiger partial charge in [0, 0.05) is 22.7 Å². The van der Waals surface area contributed by atoms with E-state index < -0.39 is 0 Å². The average molecular weight is 322 g/mol. The number of nitrogens with one attached hydrogen (secondary N) is 1. The van der Waals surface area contributed by atoms with Gasteiger partial charge in [0.1, 0.15) is 5.75 Å². The number of hydrogen-bond donors (Lipinski definition) is 1. The lowest BCUT2D eigenvalue weighted by Gasteiger charge is -2.29. The Morgan fingerprint density at radius 1 is 1.14 bits per heavy atom. The zero-order valence-corrected chi connectivity index (χ0v) is 13.6. The molecule has 21 heavy (non-hydrogen) atoms. The number of hydrogen-bond acceptors (Lipinski definition) is 2. The first-order valence-corrected chi connectivity index (χ1v) is 7.76. The minimum absolute atomic E-state index is 0.159. The van der Waals surface area contributed by atoms with Gasteiger partial charge >= 0.3 is 0 Å². The summed E-state index contributed by atoms with van der Waals surface area (Å²) in [6.07, 6.45) is 0.886. The summed E-state index contributed by atoms with van der Waals surface area (Å²) < 4.78 is 5.70. The molecule has 0 aromatic heterocycles. The first-order valence-electron chi connectivity index (χ1n) is 7.00. The van der Waals surface area contributed by atoms with E-state index in [1.165, 1.54) is 11.1 Å². The van der Waals surface area contributed by atoms with Gasteiger partial charge in [0.15, 0.2) is 0 Å². The van der Waals surface area contributed by atoms with Crippen molar-refractivity contribution in [2.45, 2.75) is 26.3 Å². The number of benzene rings is 2. The summed E-state index contributed by atoms with van der Waals surface area (Å²) in [5.41, 5.74) is 4.65. The van der Waals surface area contributed by atoms with Crippen LogP contribution in [0.15, 0.2) is 30.3 Å². The lowest BCUT2D eigenvalue weighted by molar-refractivity contribution is 0.274. The topological polar surface area (TPSA) is 21.3 Å². The molecular formula is C17H17Cl2NO. The molecule has 1 aliphatic heterocycles. The molecule has 1 atom stereocenters. The van der Waals surface area contributed by atoms with Crippen LogP contribution >= 0.6 is 23.2 Å². The van der Waals surface area contributed by atoms with E-state index in [2.05, 4.69) is 37.4 Å². The van der Waals surface area contributed by atoms with Crippen LogP contribution in [0.3, 0.4) is 0 Å². The van der Waals surface area contributed by atoms with Gasteiger partial charge < -0.3 is 10.1 Å². The Morgan fingerprint density at radius 3 is 2.71 bits per heavy atom. The number of anilines is 1. The highest BCUT2D eigenvalue weighted by Crippen LogP contribution is 2.41. The second kappa shape index (κ2) is 5.78. The molecule has 0 saturated carbocycles. The predicted octanol–water partition coefficient (Wildman–Crippen LogP) is 5.55. The minimum atomic E-state index is 0.159. The first-order chi connectivity index (χ1) is 10.0. The monoisotopic (exact) mass is 321 g/mol. The SMILES string of the molecule is Cc1ccc(NC2CCOc3c(Cl)cc(Cl)cc32)c(C)c1. The van der Waals surface area contributed by atoms with Crippen molar-refractivity contribution < 1.29 is 4.74 Å². The Hall–Kier alpha value is -1.38. The number of fused-ring (bicyclic) bond motifs is 1.